The lowest BCUT2D eigenvalue weighted by Crippen LogP contribution is -2.33. The van der Waals surface area contributed by atoms with Crippen LogP contribution in [0.4, 0.5) is 0 Å². The molecule has 0 bridgehead atoms. The van der Waals surface area contributed by atoms with Crippen LogP contribution in [0.1, 0.15) is 117 Å². The molecule has 0 saturated heterocycles. The summed E-state index contributed by atoms with van der Waals surface area (Å²) >= 11 is 0. The number of carbonyl (C=O) groups is 3. The van der Waals surface area contributed by atoms with Crippen molar-refractivity contribution in [3.63, 3.8) is 0 Å². The van der Waals surface area contributed by atoms with Crippen molar-refractivity contribution < 1.29 is 30.5 Å². The van der Waals surface area contributed by atoms with Crippen molar-refractivity contribution in [1.82, 2.24) is 5.06 Å². The molecule has 0 spiro atoms. The fourth-order valence-corrected chi connectivity index (χ4v) is 5.02. The predicted octanol–water partition coefficient (Wildman–Crippen LogP) is 10.3. The molecule has 1 N–H and O–H groups in total. The third-order valence-corrected chi connectivity index (χ3v) is 7.75. The Morgan fingerprint density at radius 2 is 1.53 bits per heavy atom. The number of hydrogen-bond donors (Lipinski definition) is 1. The summed E-state index contributed by atoms with van der Waals surface area (Å²) in [4.78, 5) is 41.2. The second kappa shape index (κ2) is 25.1. The molecule has 2 radical (unpaired) electrons. The van der Waals surface area contributed by atoms with Gasteiger partial charge in [-0.1, -0.05) is 129 Å². The predicted molar refractivity (Wildman–Crippen MR) is 212 cm³/mol. The lowest BCUT2D eigenvalue weighted by atomic mass is 9.89. The third kappa shape index (κ3) is 15.5. The topological polar surface area (TPSA) is 93.1 Å². The molecule has 0 heterocycles. The number of ether oxygens (including phenoxy) is 1. The van der Waals surface area contributed by atoms with Crippen LogP contribution in [-0.2, 0) is 21.0 Å². The van der Waals surface area contributed by atoms with Gasteiger partial charge in [-0.3, -0.25) is 19.2 Å². The highest BCUT2D eigenvalue weighted by Gasteiger charge is 2.36. The second-order valence-electron chi connectivity index (χ2n) is 11.8. The average Bonchev–Trinajstić information content (AvgIpc) is 4.09. The van der Waals surface area contributed by atoms with Gasteiger partial charge in [-0.2, -0.15) is 5.06 Å². The number of aliphatic hydroxyl groups is 1. The molecule has 3 aliphatic rings. The molecule has 5 rings (SSSR count). The molecule has 2 aromatic rings. The number of carbonyl (C=O) groups excluding carboxylic acids is 3. The Hall–Kier alpha value is -3.91. The van der Waals surface area contributed by atoms with E-state index in [1.807, 2.05) is 88.4 Å². The zero-order chi connectivity index (χ0) is 38.3. The lowest BCUT2D eigenvalue weighted by Gasteiger charge is -2.23. The number of rotatable bonds is 16. The zero-order valence-electron chi connectivity index (χ0n) is 32.7. The fraction of sp³-hybridized carbons (Fsp3) is 0.432. The van der Waals surface area contributed by atoms with E-state index in [2.05, 4.69) is 20.8 Å². The van der Waals surface area contributed by atoms with Crippen LogP contribution >= 0.6 is 0 Å². The van der Waals surface area contributed by atoms with Crippen molar-refractivity contribution in [3.05, 3.63) is 119 Å². The smallest absolute Gasteiger partial charge is 0.189 e. The van der Waals surface area contributed by atoms with Crippen molar-refractivity contribution in [2.45, 2.75) is 101 Å². The number of allylic oxidation sites excluding steroid dienone is 8. The van der Waals surface area contributed by atoms with Gasteiger partial charge in [0.1, 0.15) is 18.3 Å². The number of benzene rings is 2. The Labute approximate surface area is 309 Å². The minimum Gasteiger partial charge on any atom is -0.497 e. The minimum atomic E-state index is -0.204. The van der Waals surface area contributed by atoms with E-state index in [4.69, 9.17) is 9.57 Å². The van der Waals surface area contributed by atoms with Gasteiger partial charge in [0, 0.05) is 37.0 Å². The Morgan fingerprint density at radius 3 is 2.06 bits per heavy atom. The van der Waals surface area contributed by atoms with E-state index in [-0.39, 0.29) is 31.4 Å². The van der Waals surface area contributed by atoms with Crippen LogP contribution in [-0.4, -0.2) is 47.9 Å². The molecule has 51 heavy (non-hydrogen) atoms. The number of aliphatic hydroxyl groups excluding tert-OH is 1. The zero-order valence-corrected chi connectivity index (χ0v) is 32.7. The molecule has 0 aliphatic heterocycles. The second-order valence-corrected chi connectivity index (χ2v) is 11.8. The first-order valence-electron chi connectivity index (χ1n) is 18.5. The summed E-state index contributed by atoms with van der Waals surface area (Å²) in [5.74, 6) is 1.89. The van der Waals surface area contributed by atoms with E-state index >= 15 is 0 Å². The van der Waals surface area contributed by atoms with Crippen LogP contribution in [0.15, 0.2) is 89.6 Å². The number of nitrogens with zero attached hydrogens (tertiary/aromatic N) is 1. The molecule has 0 unspecified atom stereocenters. The Kier molecular flexibility index (Phi) is 22.2. The van der Waals surface area contributed by atoms with Gasteiger partial charge in [-0.05, 0) is 60.7 Å². The molecular formula is C44H63NO6. The third-order valence-electron chi connectivity index (χ3n) is 7.75. The van der Waals surface area contributed by atoms with E-state index in [1.54, 1.807) is 39.5 Å². The van der Waals surface area contributed by atoms with Gasteiger partial charge >= 0.3 is 0 Å². The summed E-state index contributed by atoms with van der Waals surface area (Å²) in [7, 11) is 1.59. The Bertz CT molecular complexity index is 1510. The molecule has 2 aromatic carbocycles. The summed E-state index contributed by atoms with van der Waals surface area (Å²) < 4.78 is 5.34. The van der Waals surface area contributed by atoms with Crippen LogP contribution in [0.5, 0.6) is 5.75 Å². The summed E-state index contributed by atoms with van der Waals surface area (Å²) in [5, 5.41) is 10.9. The van der Waals surface area contributed by atoms with E-state index in [0.717, 1.165) is 65.0 Å². The summed E-state index contributed by atoms with van der Waals surface area (Å²) in [6, 6.07) is 15.3. The maximum atomic E-state index is 12.3. The summed E-state index contributed by atoms with van der Waals surface area (Å²) in [5.41, 5.74) is 6.09. The van der Waals surface area contributed by atoms with Gasteiger partial charge < -0.3 is 9.84 Å². The van der Waals surface area contributed by atoms with Crippen LogP contribution in [0.3, 0.4) is 0 Å². The molecule has 3 aliphatic carbocycles. The molecule has 280 valence electrons. The maximum absolute atomic E-state index is 12.3. The van der Waals surface area contributed by atoms with Crippen LogP contribution in [0.2, 0.25) is 0 Å². The van der Waals surface area contributed by atoms with E-state index in [9.17, 15) is 19.5 Å². The van der Waals surface area contributed by atoms with Gasteiger partial charge in [0.05, 0.1) is 19.6 Å². The standard InChI is InChI=1S/C20H14O3.C17H27NO3.C3H8.2C2H6.H2/c1-11(21)16-5-6-17(19-10-18(16)19)13-7-14(9-15(8-13)23-2)20(22)12-3-4-12;1-3-4-6-11-17(15(2)20)12-18(14-19)21-13-16-9-7-5-8-10-16;1-3-2;2*1-2;/h3-10H,1-2H3;5,7-10,17,19H,3-4,6,11-14H2,1-2H3;3H2,1-2H3;2*1-2H3;1H/t;17-;;;;/m.1..../s1. The van der Waals surface area contributed by atoms with Crippen LogP contribution in [0, 0.1) is 18.3 Å². The number of Topliss-reactive ketones (excluding diaryl/α,β-unsaturated/α-hetero) is 3. The van der Waals surface area contributed by atoms with Gasteiger partial charge in [-0.25, -0.2) is 0 Å². The van der Waals surface area contributed by atoms with Gasteiger partial charge in [-0.15, -0.1) is 0 Å². The Balaban J connectivity index is 0.000000844. The number of fused-ring (bicyclic) bond motifs is 1. The number of hydrogen-bond acceptors (Lipinski definition) is 7. The number of hydroxylamine groups is 2. The molecule has 0 saturated carbocycles. The molecule has 0 aromatic heterocycles. The largest absolute Gasteiger partial charge is 0.497 e. The molecule has 7 nitrogen and oxygen atoms in total. The minimum absolute atomic E-state index is 0. The van der Waals surface area contributed by atoms with E-state index < -0.39 is 0 Å². The Morgan fingerprint density at radius 1 is 0.882 bits per heavy atom. The number of unbranched alkanes of at least 4 members (excludes halogenated alkanes) is 2. The normalized spacial score (nSPS) is 14.0. The van der Waals surface area contributed by atoms with Gasteiger partial charge in [0.2, 0.25) is 0 Å². The fourth-order valence-electron chi connectivity index (χ4n) is 5.02. The lowest BCUT2D eigenvalue weighted by molar-refractivity contribution is -0.211. The molecule has 0 fully saturated rings. The average molecular weight is 702 g/mol. The quantitative estimate of drug-likeness (QED) is 0.0806. The molecule has 0 amide bonds. The first-order valence-corrected chi connectivity index (χ1v) is 18.5. The van der Waals surface area contributed by atoms with Crippen molar-refractivity contribution in [3.8, 4) is 5.75 Å². The maximum Gasteiger partial charge on any atom is 0.189 e. The SMILES string of the molecule is CC.CC.CCC.CCCCC[C@H](CN(CO)OCc1ccccc1)C(C)=O.COc1cc(C(=O)C2=C[CH]2)cc(C2=CC=C(C(C)=O)C3=C[C]32)c1.[HH]. The van der Waals surface area contributed by atoms with Crippen molar-refractivity contribution in [1.29, 1.82) is 0 Å². The number of ketones is 3. The molecule has 7 heteroatoms. The monoisotopic (exact) mass is 701 g/mol. The number of methoxy groups -OCH3 is 1. The first-order chi connectivity index (χ1) is 24.7. The van der Waals surface area contributed by atoms with Crippen LogP contribution < -0.4 is 4.74 Å². The van der Waals surface area contributed by atoms with Gasteiger partial charge in [0.15, 0.2) is 11.6 Å². The summed E-state index contributed by atoms with van der Waals surface area (Å²) in [6.07, 6.45) is 14.8. The van der Waals surface area contributed by atoms with E-state index in [1.165, 1.54) is 11.5 Å². The van der Waals surface area contributed by atoms with Crippen LogP contribution in [0.25, 0.3) is 5.57 Å². The molecular weight excluding hydrogens is 638 g/mol. The highest BCUT2D eigenvalue weighted by molar-refractivity contribution is 6.15. The summed E-state index contributed by atoms with van der Waals surface area (Å²) in [6.45, 7) is 18.2. The van der Waals surface area contributed by atoms with E-state index in [0.29, 0.717) is 24.5 Å². The van der Waals surface area contributed by atoms with Gasteiger partial charge in [0.25, 0.3) is 0 Å². The first kappa shape index (κ1) is 45.1. The molecule has 1 atom stereocenters. The van der Waals surface area contributed by atoms with Crippen molar-refractivity contribution >= 4 is 22.9 Å². The van der Waals surface area contributed by atoms with Crippen molar-refractivity contribution in [2.75, 3.05) is 20.4 Å². The van der Waals surface area contributed by atoms with Crippen molar-refractivity contribution in [2.24, 2.45) is 5.92 Å². The highest BCUT2D eigenvalue weighted by Crippen LogP contribution is 2.50. The highest BCUT2D eigenvalue weighted by atomic mass is 16.7.